The molecule has 0 radical (unpaired) electrons. The lowest BCUT2D eigenvalue weighted by Gasteiger charge is -2.29. The van der Waals surface area contributed by atoms with Crippen molar-refractivity contribution < 1.29 is 9.47 Å². The lowest BCUT2D eigenvalue weighted by molar-refractivity contribution is 0.405. The second-order valence-corrected chi connectivity index (χ2v) is 8.07. The number of hydrogen-bond donors (Lipinski definition) is 0. The normalized spacial score (nSPS) is 13.3. The van der Waals surface area contributed by atoms with Crippen LogP contribution in [0.5, 0.6) is 11.5 Å². The summed E-state index contributed by atoms with van der Waals surface area (Å²) in [6, 6.07) is 16.7. The van der Waals surface area contributed by atoms with Crippen LogP contribution in [0.25, 0.3) is 0 Å². The standard InChI is InChI=1S/C20H26O2S2/c1-5-23-19(15-11-7-9-13-17(15)21-3)20(24-6-2)16-12-8-10-14-18(16)22-4/h7-14,19-20H,5-6H2,1-4H3/t19-,20+. The Morgan fingerprint density at radius 1 is 0.708 bits per heavy atom. The Morgan fingerprint density at radius 3 is 1.42 bits per heavy atom. The average molecular weight is 363 g/mol. The van der Waals surface area contributed by atoms with Crippen molar-refractivity contribution in [1.82, 2.24) is 0 Å². The van der Waals surface area contributed by atoms with Crippen LogP contribution in [0.2, 0.25) is 0 Å². The molecule has 0 fully saturated rings. The zero-order valence-corrected chi connectivity index (χ0v) is 16.5. The third kappa shape index (κ3) is 4.42. The van der Waals surface area contributed by atoms with Crippen molar-refractivity contribution in [3.8, 4) is 11.5 Å². The lowest BCUT2D eigenvalue weighted by Crippen LogP contribution is -2.09. The minimum atomic E-state index is 0.312. The maximum atomic E-state index is 5.64. The maximum Gasteiger partial charge on any atom is 0.123 e. The van der Waals surface area contributed by atoms with Crippen LogP contribution in [0.4, 0.5) is 0 Å². The smallest absolute Gasteiger partial charge is 0.123 e. The van der Waals surface area contributed by atoms with Gasteiger partial charge in [-0.2, -0.15) is 23.5 Å². The second kappa shape index (κ2) is 9.90. The van der Waals surface area contributed by atoms with Gasteiger partial charge in [0.2, 0.25) is 0 Å². The predicted octanol–water partition coefficient (Wildman–Crippen LogP) is 5.99. The zero-order chi connectivity index (χ0) is 17.4. The monoisotopic (exact) mass is 362 g/mol. The second-order valence-electron chi connectivity index (χ2n) is 5.24. The highest BCUT2D eigenvalue weighted by atomic mass is 32.2. The SMILES string of the molecule is CCS[C@H](c1ccccc1OC)[C@@H](SCC)c1ccccc1OC. The van der Waals surface area contributed by atoms with E-state index in [4.69, 9.17) is 9.47 Å². The summed E-state index contributed by atoms with van der Waals surface area (Å²) in [5, 5.41) is 0.625. The van der Waals surface area contributed by atoms with Crippen LogP contribution >= 0.6 is 23.5 Å². The minimum Gasteiger partial charge on any atom is -0.496 e. The third-order valence-corrected chi connectivity index (χ3v) is 6.47. The van der Waals surface area contributed by atoms with Crippen LogP contribution in [0, 0.1) is 0 Å². The fourth-order valence-electron chi connectivity index (χ4n) is 2.84. The Hall–Kier alpha value is -1.26. The van der Waals surface area contributed by atoms with Gasteiger partial charge < -0.3 is 9.47 Å². The van der Waals surface area contributed by atoms with Crippen molar-refractivity contribution in [2.45, 2.75) is 24.3 Å². The lowest BCUT2D eigenvalue weighted by atomic mass is 10.0. The van der Waals surface area contributed by atoms with Crippen molar-refractivity contribution in [3.05, 3.63) is 59.7 Å². The van der Waals surface area contributed by atoms with Crippen LogP contribution in [0.15, 0.2) is 48.5 Å². The molecule has 0 saturated heterocycles. The first kappa shape index (κ1) is 19.1. The molecule has 0 spiro atoms. The van der Waals surface area contributed by atoms with Crippen LogP contribution < -0.4 is 9.47 Å². The van der Waals surface area contributed by atoms with Crippen molar-refractivity contribution >= 4 is 23.5 Å². The molecule has 0 N–H and O–H groups in total. The molecule has 2 atom stereocenters. The number of ether oxygens (including phenoxy) is 2. The summed E-state index contributed by atoms with van der Waals surface area (Å²) in [6.45, 7) is 4.42. The first-order chi connectivity index (χ1) is 11.8. The van der Waals surface area contributed by atoms with Gasteiger partial charge in [-0.15, -0.1) is 0 Å². The van der Waals surface area contributed by atoms with E-state index in [0.717, 1.165) is 23.0 Å². The number of methoxy groups -OCH3 is 2. The number of benzene rings is 2. The van der Waals surface area contributed by atoms with Gasteiger partial charge in [-0.25, -0.2) is 0 Å². The number of rotatable bonds is 9. The van der Waals surface area contributed by atoms with Gasteiger partial charge in [0.15, 0.2) is 0 Å². The van der Waals surface area contributed by atoms with Crippen molar-refractivity contribution in [3.63, 3.8) is 0 Å². The molecule has 0 aliphatic heterocycles. The van der Waals surface area contributed by atoms with E-state index in [2.05, 4.69) is 50.2 Å². The minimum absolute atomic E-state index is 0.312. The molecule has 24 heavy (non-hydrogen) atoms. The molecular weight excluding hydrogens is 336 g/mol. The van der Waals surface area contributed by atoms with Crippen LogP contribution in [-0.4, -0.2) is 25.7 Å². The number of thioether (sulfide) groups is 2. The molecule has 0 heterocycles. The van der Waals surface area contributed by atoms with Gasteiger partial charge in [0.1, 0.15) is 11.5 Å². The number of para-hydroxylation sites is 2. The molecule has 130 valence electrons. The molecule has 2 aromatic carbocycles. The van der Waals surface area contributed by atoms with E-state index in [0.29, 0.717) is 10.5 Å². The molecular formula is C20H26O2S2. The molecule has 0 bridgehead atoms. The van der Waals surface area contributed by atoms with Gasteiger partial charge in [0, 0.05) is 21.6 Å². The van der Waals surface area contributed by atoms with E-state index in [1.165, 1.54) is 11.1 Å². The summed E-state index contributed by atoms with van der Waals surface area (Å²) in [4.78, 5) is 0. The van der Waals surface area contributed by atoms with Gasteiger partial charge >= 0.3 is 0 Å². The molecule has 0 saturated carbocycles. The topological polar surface area (TPSA) is 18.5 Å². The molecule has 2 rings (SSSR count). The molecule has 0 amide bonds. The first-order valence-corrected chi connectivity index (χ1v) is 10.4. The molecule has 2 aromatic rings. The summed E-state index contributed by atoms with van der Waals surface area (Å²) in [6.07, 6.45) is 0. The molecule has 0 aliphatic rings. The van der Waals surface area contributed by atoms with Crippen LogP contribution in [0.3, 0.4) is 0 Å². The molecule has 4 heteroatoms. The zero-order valence-electron chi connectivity index (χ0n) is 14.8. The Labute approximate surface area is 154 Å². The highest BCUT2D eigenvalue weighted by molar-refractivity contribution is 8.03. The summed E-state index contributed by atoms with van der Waals surface area (Å²) < 4.78 is 11.3. The molecule has 0 aliphatic carbocycles. The Kier molecular flexibility index (Phi) is 7.86. The molecule has 0 unspecified atom stereocenters. The fourth-order valence-corrected chi connectivity index (χ4v) is 5.42. The van der Waals surface area contributed by atoms with Crippen molar-refractivity contribution in [1.29, 1.82) is 0 Å². The molecule has 2 nitrogen and oxygen atoms in total. The van der Waals surface area contributed by atoms with Gasteiger partial charge in [0.25, 0.3) is 0 Å². The van der Waals surface area contributed by atoms with Gasteiger partial charge in [0.05, 0.1) is 14.2 Å². The van der Waals surface area contributed by atoms with E-state index in [9.17, 15) is 0 Å². The summed E-state index contributed by atoms with van der Waals surface area (Å²) in [5.74, 6) is 4.03. The Bertz CT molecular complexity index is 575. The third-order valence-electron chi connectivity index (χ3n) is 3.86. The van der Waals surface area contributed by atoms with Crippen molar-refractivity contribution in [2.24, 2.45) is 0 Å². The van der Waals surface area contributed by atoms with E-state index in [-0.39, 0.29) is 0 Å². The molecule has 0 aromatic heterocycles. The maximum absolute atomic E-state index is 5.64. The highest BCUT2D eigenvalue weighted by Gasteiger charge is 2.29. The number of hydrogen-bond acceptors (Lipinski definition) is 4. The summed E-state index contributed by atoms with van der Waals surface area (Å²) in [5.41, 5.74) is 2.51. The highest BCUT2D eigenvalue weighted by Crippen LogP contribution is 2.52. The van der Waals surface area contributed by atoms with Gasteiger partial charge in [-0.3, -0.25) is 0 Å². The largest absolute Gasteiger partial charge is 0.496 e. The van der Waals surface area contributed by atoms with E-state index in [1.54, 1.807) is 14.2 Å². The van der Waals surface area contributed by atoms with Crippen LogP contribution in [-0.2, 0) is 0 Å². The van der Waals surface area contributed by atoms with Crippen molar-refractivity contribution in [2.75, 3.05) is 25.7 Å². The van der Waals surface area contributed by atoms with Gasteiger partial charge in [-0.05, 0) is 23.6 Å². The van der Waals surface area contributed by atoms with E-state index < -0.39 is 0 Å². The Balaban J connectivity index is 2.51. The fraction of sp³-hybridized carbons (Fsp3) is 0.400. The predicted molar refractivity (Wildman–Crippen MR) is 108 cm³/mol. The Morgan fingerprint density at radius 2 is 1.08 bits per heavy atom. The van der Waals surface area contributed by atoms with E-state index >= 15 is 0 Å². The quantitative estimate of drug-likeness (QED) is 0.545. The van der Waals surface area contributed by atoms with Gasteiger partial charge in [-0.1, -0.05) is 50.2 Å². The van der Waals surface area contributed by atoms with E-state index in [1.807, 2.05) is 35.7 Å². The average Bonchev–Trinajstić information content (AvgIpc) is 2.64. The first-order valence-electron chi connectivity index (χ1n) is 8.25. The van der Waals surface area contributed by atoms with Crippen LogP contribution in [0.1, 0.15) is 35.5 Å². The summed E-state index contributed by atoms with van der Waals surface area (Å²) >= 11 is 3.93. The summed E-state index contributed by atoms with van der Waals surface area (Å²) in [7, 11) is 3.50.